The minimum Gasteiger partial charge on any atom is -0.356 e. The second kappa shape index (κ2) is 9.72. The third-order valence-electron chi connectivity index (χ3n) is 5.27. The van der Waals surface area contributed by atoms with E-state index in [1.807, 2.05) is 0 Å². The Hall–Kier alpha value is -1.88. The molecular weight excluding hydrogens is 326 g/mol. The molecule has 1 aliphatic heterocycles. The van der Waals surface area contributed by atoms with Gasteiger partial charge in [-0.15, -0.1) is 0 Å². The molecule has 1 saturated heterocycles. The Balaban J connectivity index is 1.28. The van der Waals surface area contributed by atoms with Gasteiger partial charge in [0.25, 0.3) is 0 Å². The lowest BCUT2D eigenvalue weighted by molar-refractivity contribution is -0.123. The minimum absolute atomic E-state index is 0.103. The standard InChI is InChI=1S/C21H31N3O2/c25-20(9-4-12-22-21(26)19-10-11-19)23-14-18-8-5-13-24(16-18)15-17-6-2-1-3-7-17/h1-3,6-7,18-19H,4-5,8-16H2,(H,22,26)(H,23,25). The summed E-state index contributed by atoms with van der Waals surface area (Å²) in [5.74, 6) is 1.04. The summed E-state index contributed by atoms with van der Waals surface area (Å²) in [6.07, 6.45) is 5.63. The van der Waals surface area contributed by atoms with Crippen LogP contribution in [0, 0.1) is 11.8 Å². The van der Waals surface area contributed by atoms with Crippen molar-refractivity contribution in [3.63, 3.8) is 0 Å². The third-order valence-corrected chi connectivity index (χ3v) is 5.27. The largest absolute Gasteiger partial charge is 0.356 e. The van der Waals surface area contributed by atoms with Gasteiger partial charge in [-0.25, -0.2) is 0 Å². The minimum atomic E-state index is 0.103. The predicted octanol–water partition coefficient (Wildman–Crippen LogP) is 2.32. The molecule has 26 heavy (non-hydrogen) atoms. The predicted molar refractivity (Wildman–Crippen MR) is 102 cm³/mol. The van der Waals surface area contributed by atoms with Crippen molar-refractivity contribution >= 4 is 11.8 Å². The maximum atomic E-state index is 12.0. The molecule has 3 rings (SSSR count). The molecule has 1 heterocycles. The number of nitrogens with one attached hydrogen (secondary N) is 2. The summed E-state index contributed by atoms with van der Waals surface area (Å²) in [6.45, 7) is 4.55. The SMILES string of the molecule is O=C(CCCNC(=O)C1CC1)NCC1CCCN(Cc2ccccc2)C1. The van der Waals surface area contributed by atoms with E-state index in [0.29, 0.717) is 18.9 Å². The van der Waals surface area contributed by atoms with Crippen molar-refractivity contribution in [1.82, 2.24) is 15.5 Å². The average molecular weight is 357 g/mol. The van der Waals surface area contributed by atoms with Gasteiger partial charge in [-0.05, 0) is 50.1 Å². The smallest absolute Gasteiger partial charge is 0.223 e. The molecule has 1 saturated carbocycles. The van der Waals surface area contributed by atoms with E-state index >= 15 is 0 Å². The number of rotatable bonds is 9. The van der Waals surface area contributed by atoms with Crippen molar-refractivity contribution in [2.75, 3.05) is 26.2 Å². The summed E-state index contributed by atoms with van der Waals surface area (Å²) >= 11 is 0. The molecule has 2 fully saturated rings. The van der Waals surface area contributed by atoms with Gasteiger partial charge < -0.3 is 10.6 Å². The van der Waals surface area contributed by atoms with Crippen molar-refractivity contribution in [2.24, 2.45) is 11.8 Å². The van der Waals surface area contributed by atoms with Crippen LogP contribution in [-0.4, -0.2) is 42.9 Å². The summed E-state index contributed by atoms with van der Waals surface area (Å²) in [7, 11) is 0. The van der Waals surface area contributed by atoms with Gasteiger partial charge in [0.05, 0.1) is 0 Å². The molecule has 0 bridgehead atoms. The lowest BCUT2D eigenvalue weighted by atomic mass is 9.97. The van der Waals surface area contributed by atoms with Crippen LogP contribution in [0.3, 0.4) is 0 Å². The van der Waals surface area contributed by atoms with E-state index in [9.17, 15) is 9.59 Å². The summed E-state index contributed by atoms with van der Waals surface area (Å²) in [5.41, 5.74) is 1.35. The summed E-state index contributed by atoms with van der Waals surface area (Å²) in [6, 6.07) is 10.6. The van der Waals surface area contributed by atoms with Crippen LogP contribution in [0.4, 0.5) is 0 Å². The third kappa shape index (κ3) is 6.45. The topological polar surface area (TPSA) is 61.4 Å². The summed E-state index contributed by atoms with van der Waals surface area (Å²) < 4.78 is 0. The van der Waals surface area contributed by atoms with Crippen LogP contribution >= 0.6 is 0 Å². The maximum Gasteiger partial charge on any atom is 0.223 e. The molecule has 1 aromatic rings. The van der Waals surface area contributed by atoms with Crippen LogP contribution in [-0.2, 0) is 16.1 Å². The molecule has 1 aliphatic carbocycles. The highest BCUT2D eigenvalue weighted by atomic mass is 16.2. The van der Waals surface area contributed by atoms with Gasteiger partial charge in [-0.2, -0.15) is 0 Å². The summed E-state index contributed by atoms with van der Waals surface area (Å²) in [5, 5.41) is 5.99. The van der Waals surface area contributed by atoms with Gasteiger partial charge in [0.1, 0.15) is 0 Å². The fraction of sp³-hybridized carbons (Fsp3) is 0.619. The molecule has 1 aromatic carbocycles. The highest BCUT2D eigenvalue weighted by Gasteiger charge is 2.29. The van der Waals surface area contributed by atoms with Gasteiger partial charge in [0.15, 0.2) is 0 Å². The zero-order valence-electron chi connectivity index (χ0n) is 15.6. The number of benzene rings is 1. The molecular formula is C21H31N3O2. The van der Waals surface area contributed by atoms with Gasteiger partial charge in [-0.1, -0.05) is 30.3 Å². The second-order valence-electron chi connectivity index (χ2n) is 7.70. The summed E-state index contributed by atoms with van der Waals surface area (Å²) in [4.78, 5) is 26.0. The van der Waals surface area contributed by atoms with Gasteiger partial charge in [-0.3, -0.25) is 14.5 Å². The van der Waals surface area contributed by atoms with E-state index in [4.69, 9.17) is 0 Å². The zero-order chi connectivity index (χ0) is 18.2. The quantitative estimate of drug-likeness (QED) is 0.667. The number of amides is 2. The molecule has 1 atom stereocenters. The molecule has 142 valence electrons. The van der Waals surface area contributed by atoms with E-state index in [1.54, 1.807) is 0 Å². The highest BCUT2D eigenvalue weighted by molar-refractivity contribution is 5.81. The maximum absolute atomic E-state index is 12.0. The highest BCUT2D eigenvalue weighted by Crippen LogP contribution is 2.28. The van der Waals surface area contributed by atoms with Crippen molar-refractivity contribution in [3.05, 3.63) is 35.9 Å². The lowest BCUT2D eigenvalue weighted by Gasteiger charge is -2.32. The Morgan fingerprint density at radius 3 is 2.65 bits per heavy atom. The molecule has 0 spiro atoms. The molecule has 2 N–H and O–H groups in total. The van der Waals surface area contributed by atoms with Gasteiger partial charge in [0.2, 0.25) is 11.8 Å². The number of hydrogen-bond acceptors (Lipinski definition) is 3. The number of nitrogens with zero attached hydrogens (tertiary/aromatic N) is 1. The number of likely N-dealkylation sites (tertiary alicyclic amines) is 1. The fourth-order valence-corrected chi connectivity index (χ4v) is 3.60. The molecule has 5 heteroatoms. The lowest BCUT2D eigenvalue weighted by Crippen LogP contribution is -2.40. The number of carbonyl (C=O) groups excluding carboxylic acids is 2. The Bertz CT molecular complexity index is 586. The van der Waals surface area contributed by atoms with Crippen molar-refractivity contribution < 1.29 is 9.59 Å². The van der Waals surface area contributed by atoms with E-state index in [-0.39, 0.29) is 17.7 Å². The molecule has 0 aromatic heterocycles. The van der Waals surface area contributed by atoms with E-state index in [0.717, 1.165) is 45.4 Å². The zero-order valence-corrected chi connectivity index (χ0v) is 15.6. The van der Waals surface area contributed by atoms with Crippen molar-refractivity contribution in [2.45, 2.75) is 45.1 Å². The molecule has 5 nitrogen and oxygen atoms in total. The normalized spacial score (nSPS) is 20.5. The molecule has 0 radical (unpaired) electrons. The number of carbonyl (C=O) groups is 2. The Morgan fingerprint density at radius 1 is 1.08 bits per heavy atom. The van der Waals surface area contributed by atoms with Crippen molar-refractivity contribution in [1.29, 1.82) is 0 Å². The fourth-order valence-electron chi connectivity index (χ4n) is 3.60. The van der Waals surface area contributed by atoms with Crippen LogP contribution in [0.5, 0.6) is 0 Å². The first-order chi connectivity index (χ1) is 12.7. The Kier molecular flexibility index (Phi) is 7.06. The first-order valence-corrected chi connectivity index (χ1v) is 10.0. The van der Waals surface area contributed by atoms with E-state index in [1.165, 1.54) is 18.4 Å². The Morgan fingerprint density at radius 2 is 1.88 bits per heavy atom. The van der Waals surface area contributed by atoms with Gasteiger partial charge in [0, 0.05) is 38.5 Å². The van der Waals surface area contributed by atoms with E-state index in [2.05, 4.69) is 45.9 Å². The number of piperidine rings is 1. The average Bonchev–Trinajstić information content (AvgIpc) is 3.50. The first-order valence-electron chi connectivity index (χ1n) is 10.0. The van der Waals surface area contributed by atoms with Crippen LogP contribution in [0.1, 0.15) is 44.1 Å². The second-order valence-corrected chi connectivity index (χ2v) is 7.70. The van der Waals surface area contributed by atoms with E-state index < -0.39 is 0 Å². The first kappa shape index (κ1) is 18.9. The van der Waals surface area contributed by atoms with Crippen LogP contribution in [0.2, 0.25) is 0 Å². The van der Waals surface area contributed by atoms with Crippen LogP contribution in [0.15, 0.2) is 30.3 Å². The monoisotopic (exact) mass is 357 g/mol. The van der Waals surface area contributed by atoms with Crippen molar-refractivity contribution in [3.8, 4) is 0 Å². The molecule has 1 unspecified atom stereocenters. The number of hydrogen-bond donors (Lipinski definition) is 2. The Labute approximate surface area is 156 Å². The molecule has 2 aliphatic rings. The van der Waals surface area contributed by atoms with Gasteiger partial charge >= 0.3 is 0 Å². The van der Waals surface area contributed by atoms with Crippen LogP contribution < -0.4 is 10.6 Å². The molecule has 2 amide bonds. The van der Waals surface area contributed by atoms with Crippen LogP contribution in [0.25, 0.3) is 0 Å².